The molecule has 2 aliphatic heterocycles. The molecular formula is C12H22N2O4. The minimum absolute atomic E-state index is 0.0458. The van der Waals surface area contributed by atoms with E-state index in [1.807, 2.05) is 6.92 Å². The van der Waals surface area contributed by atoms with Gasteiger partial charge in [0.15, 0.2) is 0 Å². The van der Waals surface area contributed by atoms with Crippen LogP contribution in [-0.2, 0) is 9.47 Å². The maximum atomic E-state index is 12.1. The summed E-state index contributed by atoms with van der Waals surface area (Å²) in [4.78, 5) is 13.8. The molecular weight excluding hydrogens is 236 g/mol. The van der Waals surface area contributed by atoms with Gasteiger partial charge in [-0.3, -0.25) is 0 Å². The number of rotatable bonds is 3. The SMILES string of the molecule is CC(NC(=O)N1CCOC(CO)C1)C1CCOC1. The summed E-state index contributed by atoms with van der Waals surface area (Å²) < 4.78 is 10.6. The normalized spacial score (nSPS) is 30.2. The Kier molecular flexibility index (Phi) is 4.79. The highest BCUT2D eigenvalue weighted by molar-refractivity contribution is 5.74. The van der Waals surface area contributed by atoms with Crippen LogP contribution in [0.15, 0.2) is 0 Å². The van der Waals surface area contributed by atoms with Gasteiger partial charge in [-0.2, -0.15) is 0 Å². The molecule has 2 heterocycles. The van der Waals surface area contributed by atoms with Crippen LogP contribution in [0.5, 0.6) is 0 Å². The number of amides is 2. The Morgan fingerprint density at radius 1 is 1.56 bits per heavy atom. The van der Waals surface area contributed by atoms with Crippen molar-refractivity contribution >= 4 is 6.03 Å². The Balaban J connectivity index is 1.79. The van der Waals surface area contributed by atoms with Crippen molar-refractivity contribution in [1.29, 1.82) is 0 Å². The van der Waals surface area contributed by atoms with Gasteiger partial charge in [0.05, 0.1) is 32.5 Å². The van der Waals surface area contributed by atoms with E-state index >= 15 is 0 Å². The molecule has 0 aromatic heterocycles. The first-order chi connectivity index (χ1) is 8.70. The van der Waals surface area contributed by atoms with Crippen molar-refractivity contribution in [3.8, 4) is 0 Å². The van der Waals surface area contributed by atoms with Crippen molar-refractivity contribution in [2.24, 2.45) is 5.92 Å². The molecule has 2 N–H and O–H groups in total. The first-order valence-electron chi connectivity index (χ1n) is 6.56. The van der Waals surface area contributed by atoms with Gasteiger partial charge < -0.3 is 24.8 Å². The van der Waals surface area contributed by atoms with Gasteiger partial charge in [-0.1, -0.05) is 0 Å². The van der Waals surface area contributed by atoms with Gasteiger partial charge in [-0.05, 0) is 13.3 Å². The number of hydrogen-bond donors (Lipinski definition) is 2. The average molecular weight is 258 g/mol. The Morgan fingerprint density at radius 2 is 2.39 bits per heavy atom. The van der Waals surface area contributed by atoms with Crippen LogP contribution in [0, 0.1) is 5.92 Å². The van der Waals surface area contributed by atoms with Crippen molar-refractivity contribution < 1.29 is 19.4 Å². The molecule has 0 aliphatic carbocycles. The molecule has 0 saturated carbocycles. The van der Waals surface area contributed by atoms with Crippen LogP contribution in [0.4, 0.5) is 4.79 Å². The van der Waals surface area contributed by atoms with Crippen LogP contribution in [-0.4, -0.2) is 67.7 Å². The van der Waals surface area contributed by atoms with E-state index in [0.29, 0.717) is 25.6 Å². The quantitative estimate of drug-likeness (QED) is 0.736. The number of hydrogen-bond acceptors (Lipinski definition) is 4. The fourth-order valence-electron chi connectivity index (χ4n) is 2.37. The van der Waals surface area contributed by atoms with Crippen LogP contribution in [0.2, 0.25) is 0 Å². The minimum Gasteiger partial charge on any atom is -0.394 e. The van der Waals surface area contributed by atoms with E-state index in [9.17, 15) is 4.79 Å². The number of aliphatic hydroxyl groups excluding tert-OH is 1. The maximum absolute atomic E-state index is 12.1. The highest BCUT2D eigenvalue weighted by atomic mass is 16.5. The lowest BCUT2D eigenvalue weighted by atomic mass is 10.0. The fourth-order valence-corrected chi connectivity index (χ4v) is 2.37. The predicted octanol–water partition coefficient (Wildman–Crippen LogP) is -0.186. The second kappa shape index (κ2) is 6.36. The van der Waals surface area contributed by atoms with E-state index < -0.39 is 0 Å². The molecule has 18 heavy (non-hydrogen) atoms. The maximum Gasteiger partial charge on any atom is 0.317 e. The van der Waals surface area contributed by atoms with E-state index in [2.05, 4.69) is 5.32 Å². The van der Waals surface area contributed by atoms with Crippen molar-refractivity contribution in [2.45, 2.75) is 25.5 Å². The number of ether oxygens (including phenoxy) is 2. The molecule has 6 nitrogen and oxygen atoms in total. The highest BCUT2D eigenvalue weighted by Crippen LogP contribution is 2.16. The molecule has 2 saturated heterocycles. The summed E-state index contributed by atoms with van der Waals surface area (Å²) in [5.41, 5.74) is 0. The number of nitrogens with zero attached hydrogens (tertiary/aromatic N) is 1. The molecule has 3 atom stereocenters. The average Bonchev–Trinajstić information content (AvgIpc) is 2.92. The molecule has 2 aliphatic rings. The van der Waals surface area contributed by atoms with Crippen molar-refractivity contribution in [3.05, 3.63) is 0 Å². The van der Waals surface area contributed by atoms with Crippen molar-refractivity contribution in [1.82, 2.24) is 10.2 Å². The Morgan fingerprint density at radius 3 is 3.06 bits per heavy atom. The second-order valence-electron chi connectivity index (χ2n) is 4.98. The summed E-state index contributed by atoms with van der Waals surface area (Å²) in [5.74, 6) is 0.406. The summed E-state index contributed by atoms with van der Waals surface area (Å²) in [6.45, 7) is 5.00. The van der Waals surface area contributed by atoms with E-state index in [1.165, 1.54) is 0 Å². The number of urea groups is 1. The first kappa shape index (κ1) is 13.6. The third-order valence-corrected chi connectivity index (χ3v) is 3.65. The minimum atomic E-state index is -0.255. The summed E-state index contributed by atoms with van der Waals surface area (Å²) in [6, 6.07) is 0.0478. The fraction of sp³-hybridized carbons (Fsp3) is 0.917. The molecule has 2 rings (SSSR count). The lowest BCUT2D eigenvalue weighted by molar-refractivity contribution is -0.0406. The van der Waals surface area contributed by atoms with E-state index in [4.69, 9.17) is 14.6 Å². The van der Waals surface area contributed by atoms with Gasteiger partial charge in [-0.25, -0.2) is 4.79 Å². The molecule has 0 spiro atoms. The van der Waals surface area contributed by atoms with Crippen molar-refractivity contribution in [3.63, 3.8) is 0 Å². The van der Waals surface area contributed by atoms with E-state index in [1.54, 1.807) is 4.90 Å². The summed E-state index contributed by atoms with van der Waals surface area (Å²) in [7, 11) is 0. The zero-order chi connectivity index (χ0) is 13.0. The zero-order valence-electron chi connectivity index (χ0n) is 10.8. The van der Waals surface area contributed by atoms with Crippen LogP contribution in [0.1, 0.15) is 13.3 Å². The van der Waals surface area contributed by atoms with Gasteiger partial charge in [0.1, 0.15) is 0 Å². The van der Waals surface area contributed by atoms with Crippen LogP contribution in [0.3, 0.4) is 0 Å². The molecule has 6 heteroatoms. The summed E-state index contributed by atoms with van der Waals surface area (Å²) >= 11 is 0. The Hall–Kier alpha value is -0.850. The molecule has 0 bridgehead atoms. The number of nitrogens with one attached hydrogen (secondary N) is 1. The molecule has 0 aromatic carbocycles. The third-order valence-electron chi connectivity index (χ3n) is 3.65. The predicted molar refractivity (Wildman–Crippen MR) is 65.3 cm³/mol. The smallest absolute Gasteiger partial charge is 0.317 e. The zero-order valence-corrected chi connectivity index (χ0v) is 10.8. The molecule has 3 unspecified atom stereocenters. The molecule has 2 amide bonds. The number of carbonyl (C=O) groups is 1. The standard InChI is InChI=1S/C12H22N2O4/c1-9(10-2-4-17-8-10)13-12(16)14-3-5-18-11(6-14)7-15/h9-11,15H,2-8H2,1H3,(H,13,16). The van der Waals surface area contributed by atoms with E-state index in [0.717, 1.165) is 19.6 Å². The first-order valence-corrected chi connectivity index (χ1v) is 6.56. The van der Waals surface area contributed by atoms with Crippen LogP contribution in [0.25, 0.3) is 0 Å². The highest BCUT2D eigenvalue weighted by Gasteiger charge is 2.28. The van der Waals surface area contributed by atoms with Crippen LogP contribution < -0.4 is 5.32 Å². The Labute approximate surface area is 107 Å². The number of morpholine rings is 1. The second-order valence-corrected chi connectivity index (χ2v) is 4.98. The third kappa shape index (κ3) is 3.34. The largest absolute Gasteiger partial charge is 0.394 e. The molecule has 2 fully saturated rings. The van der Waals surface area contributed by atoms with Gasteiger partial charge >= 0.3 is 6.03 Å². The van der Waals surface area contributed by atoms with Gasteiger partial charge in [-0.15, -0.1) is 0 Å². The van der Waals surface area contributed by atoms with Crippen molar-refractivity contribution in [2.75, 3.05) is 39.5 Å². The topological polar surface area (TPSA) is 71.0 Å². The lowest BCUT2D eigenvalue weighted by Crippen LogP contribution is -2.53. The molecule has 0 aromatic rings. The monoisotopic (exact) mass is 258 g/mol. The molecule has 104 valence electrons. The lowest BCUT2D eigenvalue weighted by Gasteiger charge is -2.33. The van der Waals surface area contributed by atoms with Gasteiger partial charge in [0.25, 0.3) is 0 Å². The summed E-state index contributed by atoms with van der Waals surface area (Å²) in [5, 5.41) is 12.1. The number of aliphatic hydroxyl groups is 1. The number of carbonyl (C=O) groups excluding carboxylic acids is 1. The van der Waals surface area contributed by atoms with Gasteiger partial charge in [0.2, 0.25) is 0 Å². The Bertz CT molecular complexity index is 281. The van der Waals surface area contributed by atoms with Gasteiger partial charge in [0, 0.05) is 25.1 Å². The molecule has 0 radical (unpaired) electrons. The summed E-state index contributed by atoms with van der Waals surface area (Å²) in [6.07, 6.45) is 0.749. The van der Waals surface area contributed by atoms with E-state index in [-0.39, 0.29) is 24.8 Å². The van der Waals surface area contributed by atoms with Crippen LogP contribution >= 0.6 is 0 Å².